The number of carbonyl (C=O) groups excluding carboxylic acids is 3. The first kappa shape index (κ1) is 43.7. The van der Waals surface area contributed by atoms with Gasteiger partial charge in [0, 0.05) is 25.2 Å². The monoisotopic (exact) mass is 848 g/mol. The van der Waals surface area contributed by atoms with E-state index in [1.165, 1.54) is 0 Å². The molecule has 1 aliphatic heterocycles. The standard InChI is InChI=1S/C52H57N2O5PSi/c1-8-34-58-51(57)50(60(42-23-12-9-13-24-42,43-25-14-10-15-26-43)44-27-16-11-17-28-44)54-47(46(49(54)56)37(2)59-61(6,7)52(3,4)5)45-29-19-22-41(48(45)55)36-38-20-18-21-40(35-38)39-30-32-53-33-31-39/h8-18,20-21,23-28,30-33,35-37,45-47H,1,19,22,29,34H2,2-7H3/b41-36+/t37-,45-,46-,47-/m1/s1. The van der Waals surface area contributed by atoms with Crippen molar-refractivity contribution in [3.63, 3.8) is 0 Å². The minimum Gasteiger partial charge on any atom is -0.457 e. The molecule has 0 N–H and O–H groups in total. The van der Waals surface area contributed by atoms with Gasteiger partial charge in [-0.3, -0.25) is 14.6 Å². The van der Waals surface area contributed by atoms with Crippen LogP contribution in [0.3, 0.4) is 0 Å². The van der Waals surface area contributed by atoms with Crippen LogP contribution in [0.25, 0.3) is 17.2 Å². The summed E-state index contributed by atoms with van der Waals surface area (Å²) in [5.74, 6) is -2.12. The molecule has 7 rings (SSSR count). The summed E-state index contributed by atoms with van der Waals surface area (Å²) in [6.07, 6.45) is 8.51. The molecule has 9 heteroatoms. The Labute approximate surface area is 362 Å². The van der Waals surface area contributed by atoms with E-state index in [9.17, 15) is 0 Å². The lowest BCUT2D eigenvalue weighted by Crippen LogP contribution is -2.72. The van der Waals surface area contributed by atoms with Crippen molar-refractivity contribution in [2.24, 2.45) is 11.8 Å². The molecule has 314 valence electrons. The number of carbonyl (C=O) groups is 3. The number of hydrogen-bond acceptors (Lipinski definition) is 6. The number of Topliss-reactive ketones (excluding diaryl/α,β-unsaturated/α-hetero) is 1. The van der Waals surface area contributed by atoms with E-state index in [4.69, 9.17) is 9.16 Å². The number of nitrogens with zero attached hydrogens (tertiary/aromatic N) is 2. The molecule has 0 spiro atoms. The van der Waals surface area contributed by atoms with Crippen LogP contribution in [0.4, 0.5) is 0 Å². The maximum atomic E-state index is 15.5. The molecule has 1 saturated heterocycles. The molecule has 0 radical (unpaired) electrons. The number of β-lactam (4-membered cyclic amide) rings is 1. The number of hydrogen-bond donors (Lipinski definition) is 0. The Bertz CT molecular complexity index is 2360. The van der Waals surface area contributed by atoms with Crippen LogP contribution in [0.1, 0.15) is 52.5 Å². The molecule has 2 heterocycles. The summed E-state index contributed by atoms with van der Waals surface area (Å²) in [7, 11) is -2.39. The zero-order valence-corrected chi connectivity index (χ0v) is 38.1. The minimum atomic E-state index is -3.21. The van der Waals surface area contributed by atoms with Crippen LogP contribution in [-0.2, 0) is 23.5 Å². The van der Waals surface area contributed by atoms with Crippen molar-refractivity contribution in [1.29, 1.82) is 0 Å². The van der Waals surface area contributed by atoms with Crippen molar-refractivity contribution in [3.8, 4) is 11.1 Å². The normalized spacial score (nSPS) is 19.5. The highest BCUT2D eigenvalue weighted by Gasteiger charge is 2.60. The van der Waals surface area contributed by atoms with Gasteiger partial charge in [0.2, 0.25) is 5.91 Å². The molecule has 4 aromatic carbocycles. The van der Waals surface area contributed by atoms with Gasteiger partial charge < -0.3 is 14.1 Å². The van der Waals surface area contributed by atoms with Gasteiger partial charge >= 0.3 is 5.97 Å². The van der Waals surface area contributed by atoms with Crippen molar-refractivity contribution < 1.29 is 23.5 Å². The van der Waals surface area contributed by atoms with Gasteiger partial charge in [-0.15, -0.1) is 0 Å². The number of ether oxygens (including phenoxy) is 1. The van der Waals surface area contributed by atoms with Gasteiger partial charge in [0.25, 0.3) is 0 Å². The van der Waals surface area contributed by atoms with Crippen molar-refractivity contribution in [3.05, 3.63) is 164 Å². The van der Waals surface area contributed by atoms with Crippen molar-refractivity contribution in [2.45, 2.75) is 77.2 Å². The summed E-state index contributed by atoms with van der Waals surface area (Å²) in [5.41, 5.74) is 3.97. The molecule has 0 unspecified atom stereocenters. The van der Waals surface area contributed by atoms with Gasteiger partial charge in [0.05, 0.1) is 18.1 Å². The lowest BCUT2D eigenvalue weighted by atomic mass is 9.69. The summed E-state index contributed by atoms with van der Waals surface area (Å²) in [6, 6.07) is 41.4. The van der Waals surface area contributed by atoms with Crippen molar-refractivity contribution in [2.75, 3.05) is 6.61 Å². The largest absolute Gasteiger partial charge is 0.457 e. The molecule has 2 fully saturated rings. The van der Waals surface area contributed by atoms with E-state index >= 15 is 14.4 Å². The van der Waals surface area contributed by atoms with Gasteiger partial charge in [-0.25, -0.2) is 4.79 Å². The fraction of sp³-hybridized carbons (Fsp3) is 0.288. The molecule has 4 atom stereocenters. The molecule has 1 saturated carbocycles. The van der Waals surface area contributed by atoms with Crippen LogP contribution < -0.4 is 15.9 Å². The zero-order valence-electron chi connectivity index (χ0n) is 36.2. The third kappa shape index (κ3) is 8.59. The third-order valence-corrected chi connectivity index (χ3v) is 21.6. The average Bonchev–Trinajstić information content (AvgIpc) is 3.26. The molecule has 5 aromatic rings. The number of allylic oxidation sites excluding steroid dienone is 1. The van der Waals surface area contributed by atoms with Gasteiger partial charge in [0.15, 0.2) is 14.1 Å². The summed E-state index contributed by atoms with van der Waals surface area (Å²) < 4.78 is 13.1. The molecule has 7 nitrogen and oxygen atoms in total. The number of benzene rings is 4. The summed E-state index contributed by atoms with van der Waals surface area (Å²) in [6.45, 7) is 13.5. The smallest absolute Gasteiger partial charge is 0.356 e. The molecular weight excluding hydrogens is 792 g/mol. The fourth-order valence-electron chi connectivity index (χ4n) is 8.79. The van der Waals surface area contributed by atoms with Crippen LogP contribution >= 0.6 is 6.89 Å². The fourth-order valence-corrected chi connectivity index (χ4v) is 14.6. The maximum Gasteiger partial charge on any atom is 0.356 e. The van der Waals surface area contributed by atoms with Crippen LogP contribution in [0, 0.1) is 11.8 Å². The highest BCUT2D eigenvalue weighted by Crippen LogP contribution is 2.52. The second kappa shape index (κ2) is 18.3. The molecular formula is C52H57N2O5PSi. The number of esters is 1. The Balaban J connectivity index is 1.47. The molecule has 0 bridgehead atoms. The van der Waals surface area contributed by atoms with E-state index in [1.807, 2.05) is 128 Å². The Morgan fingerprint density at radius 3 is 1.97 bits per heavy atom. The van der Waals surface area contributed by atoms with E-state index in [2.05, 4.69) is 57.6 Å². The van der Waals surface area contributed by atoms with Gasteiger partial charge in [-0.1, -0.05) is 143 Å². The molecule has 1 aliphatic carbocycles. The Morgan fingerprint density at radius 2 is 1.43 bits per heavy atom. The van der Waals surface area contributed by atoms with Gasteiger partial charge in [-0.05, 0) is 107 Å². The molecule has 1 amide bonds. The zero-order chi connectivity index (χ0) is 43.4. The van der Waals surface area contributed by atoms with E-state index in [0.717, 1.165) is 39.0 Å². The van der Waals surface area contributed by atoms with Crippen molar-refractivity contribution in [1.82, 2.24) is 9.88 Å². The summed E-state index contributed by atoms with van der Waals surface area (Å²) in [5, 5.41) is 2.56. The second-order valence-corrected chi connectivity index (χ2v) is 25.7. The van der Waals surface area contributed by atoms with E-state index < -0.39 is 45.2 Å². The predicted octanol–water partition coefficient (Wildman–Crippen LogP) is 9.59. The Morgan fingerprint density at radius 1 is 0.852 bits per heavy atom. The van der Waals surface area contributed by atoms with Crippen LogP contribution in [0.2, 0.25) is 18.1 Å². The Kier molecular flexibility index (Phi) is 13.1. The number of amides is 1. The second-order valence-electron chi connectivity index (χ2n) is 17.6. The van der Waals surface area contributed by atoms with E-state index in [0.29, 0.717) is 18.4 Å². The minimum absolute atomic E-state index is 0.00512. The van der Waals surface area contributed by atoms with Crippen LogP contribution in [0.15, 0.2) is 158 Å². The highest BCUT2D eigenvalue weighted by molar-refractivity contribution is 7.96. The summed E-state index contributed by atoms with van der Waals surface area (Å²) >= 11 is 0. The highest BCUT2D eigenvalue weighted by atomic mass is 31.2. The van der Waals surface area contributed by atoms with Gasteiger partial charge in [0.1, 0.15) is 12.0 Å². The summed E-state index contributed by atoms with van der Waals surface area (Å²) in [4.78, 5) is 51.9. The average molecular weight is 849 g/mol. The number of rotatable bonds is 13. The van der Waals surface area contributed by atoms with E-state index in [1.54, 1.807) is 23.4 Å². The molecule has 2 aliphatic rings. The topological polar surface area (TPSA) is 85.8 Å². The van der Waals surface area contributed by atoms with Crippen LogP contribution in [0.5, 0.6) is 0 Å². The molecule has 1 aromatic heterocycles. The Hall–Kier alpha value is -5.40. The first-order chi connectivity index (χ1) is 29.3. The molecule has 61 heavy (non-hydrogen) atoms. The van der Waals surface area contributed by atoms with Crippen molar-refractivity contribution >= 4 is 60.3 Å². The number of ketones is 1. The predicted molar refractivity (Wildman–Crippen MR) is 253 cm³/mol. The van der Waals surface area contributed by atoms with Crippen LogP contribution in [-0.4, -0.2) is 60.0 Å². The lowest BCUT2D eigenvalue weighted by Gasteiger charge is -2.55. The van der Waals surface area contributed by atoms with E-state index in [-0.39, 0.29) is 28.8 Å². The van der Waals surface area contributed by atoms with Gasteiger partial charge in [-0.2, -0.15) is 0 Å². The number of pyridine rings is 1. The first-order valence-corrected chi connectivity index (χ1v) is 26.0. The SMILES string of the molecule is C=CCOC(=O)C(N1C(=O)[C@H]([C@@H](C)O[Si](C)(C)C(C)(C)C)[C@H]1[C@H]1CCC/C(=C\c2cccc(-c3ccncc3)c2)C1=O)=P(c1ccccc1)(c1ccccc1)c1ccccc1. The quantitative estimate of drug-likeness (QED) is 0.0293. The third-order valence-electron chi connectivity index (χ3n) is 12.7. The lowest BCUT2D eigenvalue weighted by molar-refractivity contribution is -0.162. The maximum absolute atomic E-state index is 15.5. The number of likely N-dealkylation sites (tertiary alicyclic amines) is 1. The number of aromatic nitrogens is 1. The first-order valence-electron chi connectivity index (χ1n) is 21.3.